The van der Waals surface area contributed by atoms with Crippen molar-refractivity contribution in [1.82, 2.24) is 20.3 Å². The van der Waals surface area contributed by atoms with Crippen molar-refractivity contribution in [2.24, 2.45) is 0 Å². The van der Waals surface area contributed by atoms with E-state index in [4.69, 9.17) is 9.84 Å². The molecule has 2 N–H and O–H groups in total. The first-order valence-electron chi connectivity index (χ1n) is 6.76. The first-order valence-corrected chi connectivity index (χ1v) is 6.76. The molecule has 0 aromatic carbocycles. The van der Waals surface area contributed by atoms with Crippen LogP contribution >= 0.6 is 0 Å². The minimum atomic E-state index is -1.13. The number of carbonyl (C=O) groups excluding carboxylic acids is 1. The first kappa shape index (κ1) is 16.9. The number of hydrogen-bond donors (Lipinski definition) is 2. The number of aromatic carboxylic acids is 1. The number of carboxylic acid groups (broad SMARTS) is 1. The third kappa shape index (κ3) is 5.05. The summed E-state index contributed by atoms with van der Waals surface area (Å²) in [5.41, 5.74) is -0.180. The van der Waals surface area contributed by atoms with Crippen LogP contribution < -0.4 is 5.32 Å². The molecule has 0 aliphatic rings. The highest BCUT2D eigenvalue weighted by Gasteiger charge is 2.21. The quantitative estimate of drug-likeness (QED) is 0.855. The molecule has 0 aliphatic carbocycles. The van der Waals surface area contributed by atoms with Gasteiger partial charge in [0, 0.05) is 19.0 Å². The topological polar surface area (TPSA) is 106 Å². The maximum Gasteiger partial charge on any atom is 0.407 e. The second kappa shape index (κ2) is 6.55. The van der Waals surface area contributed by atoms with E-state index in [-0.39, 0.29) is 18.3 Å². The van der Waals surface area contributed by atoms with Crippen LogP contribution in [0.2, 0.25) is 0 Å². The SMILES string of the molecule is CC(C)n1nnc(C(=O)O)c1CCNC(=O)OC(C)(C)C. The van der Waals surface area contributed by atoms with Crippen molar-refractivity contribution in [3.05, 3.63) is 11.4 Å². The van der Waals surface area contributed by atoms with Gasteiger partial charge < -0.3 is 15.2 Å². The highest BCUT2D eigenvalue weighted by atomic mass is 16.6. The molecule has 0 radical (unpaired) electrons. The van der Waals surface area contributed by atoms with E-state index in [0.717, 1.165) is 0 Å². The van der Waals surface area contributed by atoms with Gasteiger partial charge in [-0.25, -0.2) is 14.3 Å². The molecule has 8 nitrogen and oxygen atoms in total. The molecule has 1 rings (SSSR count). The molecule has 21 heavy (non-hydrogen) atoms. The highest BCUT2D eigenvalue weighted by Crippen LogP contribution is 2.12. The minimum absolute atomic E-state index is 0.0119. The van der Waals surface area contributed by atoms with E-state index in [9.17, 15) is 9.59 Å². The lowest BCUT2D eigenvalue weighted by Gasteiger charge is -2.19. The fraction of sp³-hybridized carbons (Fsp3) is 0.692. The molecule has 0 saturated heterocycles. The molecule has 1 amide bonds. The zero-order valence-electron chi connectivity index (χ0n) is 13.0. The summed E-state index contributed by atoms with van der Waals surface area (Å²) in [6, 6.07) is -0.0119. The Hall–Kier alpha value is -2.12. The summed E-state index contributed by atoms with van der Waals surface area (Å²) in [4.78, 5) is 22.7. The molecular formula is C13H22N4O4. The lowest BCUT2D eigenvalue weighted by molar-refractivity contribution is 0.0528. The molecule has 1 heterocycles. The number of aromatic nitrogens is 3. The Morgan fingerprint density at radius 2 is 2.00 bits per heavy atom. The van der Waals surface area contributed by atoms with Gasteiger partial charge in [-0.15, -0.1) is 5.10 Å². The van der Waals surface area contributed by atoms with Crippen LogP contribution in [0.4, 0.5) is 4.79 Å². The summed E-state index contributed by atoms with van der Waals surface area (Å²) < 4.78 is 6.65. The second-order valence-electron chi connectivity index (χ2n) is 5.91. The van der Waals surface area contributed by atoms with E-state index in [2.05, 4.69) is 15.6 Å². The van der Waals surface area contributed by atoms with Crippen molar-refractivity contribution in [2.75, 3.05) is 6.54 Å². The minimum Gasteiger partial charge on any atom is -0.476 e. The van der Waals surface area contributed by atoms with E-state index in [0.29, 0.717) is 12.1 Å². The van der Waals surface area contributed by atoms with Crippen LogP contribution in [0.15, 0.2) is 0 Å². The van der Waals surface area contributed by atoms with E-state index < -0.39 is 17.7 Å². The number of carbonyl (C=O) groups is 2. The van der Waals surface area contributed by atoms with Gasteiger partial charge in [0.15, 0.2) is 5.69 Å². The molecule has 0 bridgehead atoms. The van der Waals surface area contributed by atoms with Crippen LogP contribution in [0.5, 0.6) is 0 Å². The summed E-state index contributed by atoms with van der Waals surface area (Å²) in [6.07, 6.45) is -0.227. The zero-order chi connectivity index (χ0) is 16.2. The summed E-state index contributed by atoms with van der Waals surface area (Å²) >= 11 is 0. The van der Waals surface area contributed by atoms with Crippen molar-refractivity contribution < 1.29 is 19.4 Å². The average molecular weight is 298 g/mol. The van der Waals surface area contributed by atoms with Gasteiger partial charge in [0.2, 0.25) is 0 Å². The van der Waals surface area contributed by atoms with E-state index >= 15 is 0 Å². The van der Waals surface area contributed by atoms with Gasteiger partial charge in [0.1, 0.15) is 5.60 Å². The fourth-order valence-corrected chi connectivity index (χ4v) is 1.72. The molecule has 0 atom stereocenters. The molecule has 118 valence electrons. The summed E-state index contributed by atoms with van der Waals surface area (Å²) in [7, 11) is 0. The monoisotopic (exact) mass is 298 g/mol. The number of carboxylic acids is 1. The Morgan fingerprint density at radius 3 is 2.48 bits per heavy atom. The molecule has 1 aromatic rings. The van der Waals surface area contributed by atoms with Crippen LogP contribution in [0.3, 0.4) is 0 Å². The van der Waals surface area contributed by atoms with E-state index in [1.54, 1.807) is 25.5 Å². The molecule has 0 spiro atoms. The smallest absolute Gasteiger partial charge is 0.407 e. The van der Waals surface area contributed by atoms with Crippen LogP contribution in [-0.2, 0) is 11.2 Å². The number of alkyl carbamates (subject to hydrolysis) is 1. The third-order valence-corrected chi connectivity index (χ3v) is 2.51. The summed E-state index contributed by atoms with van der Waals surface area (Å²) in [6.45, 7) is 9.32. The predicted molar refractivity (Wildman–Crippen MR) is 75.3 cm³/mol. The Kier molecular flexibility index (Phi) is 5.28. The molecule has 8 heteroatoms. The largest absolute Gasteiger partial charge is 0.476 e. The van der Waals surface area contributed by atoms with Gasteiger partial charge in [-0.3, -0.25) is 0 Å². The average Bonchev–Trinajstić information content (AvgIpc) is 2.70. The van der Waals surface area contributed by atoms with Crippen molar-refractivity contribution in [3.63, 3.8) is 0 Å². The second-order valence-corrected chi connectivity index (χ2v) is 5.91. The Bertz CT molecular complexity index is 517. The molecule has 0 unspecified atom stereocenters. The van der Waals surface area contributed by atoms with E-state index in [1.165, 1.54) is 0 Å². The number of amides is 1. The normalized spacial score (nSPS) is 11.5. The maximum atomic E-state index is 11.5. The molecule has 0 fully saturated rings. The lowest BCUT2D eigenvalue weighted by atomic mass is 10.2. The van der Waals surface area contributed by atoms with Gasteiger partial charge >= 0.3 is 12.1 Å². The third-order valence-electron chi connectivity index (χ3n) is 2.51. The van der Waals surface area contributed by atoms with Crippen LogP contribution in [0.25, 0.3) is 0 Å². The first-order chi connectivity index (χ1) is 9.61. The predicted octanol–water partition coefficient (Wildman–Crippen LogP) is 1.62. The molecule has 0 saturated carbocycles. The van der Waals surface area contributed by atoms with Crippen molar-refractivity contribution in [2.45, 2.75) is 52.7 Å². The Labute approximate surface area is 123 Å². The fourth-order valence-electron chi connectivity index (χ4n) is 1.72. The standard InChI is InChI=1S/C13H22N4O4/c1-8(2)17-9(10(11(18)19)15-16-17)6-7-14-12(20)21-13(3,4)5/h8H,6-7H2,1-5H3,(H,14,20)(H,18,19). The Balaban J connectivity index is 2.68. The molecule has 1 aromatic heterocycles. The lowest BCUT2D eigenvalue weighted by Crippen LogP contribution is -2.34. The van der Waals surface area contributed by atoms with Gasteiger partial charge in [0.05, 0.1) is 5.69 Å². The van der Waals surface area contributed by atoms with Crippen LogP contribution in [0, 0.1) is 0 Å². The van der Waals surface area contributed by atoms with Crippen molar-refractivity contribution in [3.8, 4) is 0 Å². The number of nitrogens with zero attached hydrogens (tertiary/aromatic N) is 3. The van der Waals surface area contributed by atoms with Gasteiger partial charge in [-0.05, 0) is 34.6 Å². The summed E-state index contributed by atoms with van der Waals surface area (Å²) in [5, 5.41) is 19.2. The zero-order valence-corrected chi connectivity index (χ0v) is 13.0. The number of hydrogen-bond acceptors (Lipinski definition) is 5. The van der Waals surface area contributed by atoms with Gasteiger partial charge in [0.25, 0.3) is 0 Å². The van der Waals surface area contributed by atoms with Gasteiger partial charge in [-0.2, -0.15) is 0 Å². The van der Waals surface area contributed by atoms with Gasteiger partial charge in [-0.1, -0.05) is 5.21 Å². The number of ether oxygens (including phenoxy) is 1. The van der Waals surface area contributed by atoms with Crippen LogP contribution in [-0.4, -0.2) is 44.3 Å². The van der Waals surface area contributed by atoms with Crippen molar-refractivity contribution in [1.29, 1.82) is 0 Å². The number of rotatable bonds is 5. The molecule has 0 aliphatic heterocycles. The highest BCUT2D eigenvalue weighted by molar-refractivity contribution is 5.86. The van der Waals surface area contributed by atoms with Crippen LogP contribution in [0.1, 0.15) is 56.8 Å². The van der Waals surface area contributed by atoms with E-state index in [1.807, 2.05) is 13.8 Å². The molecular weight excluding hydrogens is 276 g/mol. The maximum absolute atomic E-state index is 11.5. The Morgan fingerprint density at radius 1 is 1.38 bits per heavy atom. The number of nitrogens with one attached hydrogen (secondary N) is 1. The van der Waals surface area contributed by atoms with Crippen molar-refractivity contribution >= 4 is 12.1 Å². The summed E-state index contributed by atoms with van der Waals surface area (Å²) in [5.74, 6) is -1.13.